The van der Waals surface area contributed by atoms with Gasteiger partial charge in [0.2, 0.25) is 5.41 Å². The van der Waals surface area contributed by atoms with Gasteiger partial charge in [-0.05, 0) is 6.08 Å². The smallest absolute Gasteiger partial charge is 0.330 e. The van der Waals surface area contributed by atoms with Crippen molar-refractivity contribution in [3.05, 3.63) is 12.3 Å². The van der Waals surface area contributed by atoms with E-state index in [-0.39, 0.29) is 6.61 Å². The van der Waals surface area contributed by atoms with Crippen LogP contribution >= 0.6 is 0 Å². The molecule has 66 valence electrons. The summed E-state index contributed by atoms with van der Waals surface area (Å²) in [5.74, 6) is -2.08. The first-order valence-corrected chi connectivity index (χ1v) is 3.24. The molecule has 0 spiro atoms. The Labute approximate surface area is 68.6 Å². The second-order valence-electron chi connectivity index (χ2n) is 2.38. The quantitative estimate of drug-likeness (QED) is 0.460. The maximum atomic E-state index is 11.0. The van der Waals surface area contributed by atoms with Crippen LogP contribution in [0, 0.1) is 5.41 Å². The lowest BCUT2D eigenvalue weighted by atomic mass is 9.91. The number of carboxylic acids is 1. The molecule has 5 nitrogen and oxygen atoms in total. The number of aliphatic carboxylic acids is 1. The molecule has 0 fully saturated rings. The maximum Gasteiger partial charge on any atom is 0.330 e. The van der Waals surface area contributed by atoms with E-state index in [0.717, 1.165) is 7.11 Å². The molecule has 12 heavy (non-hydrogen) atoms. The average molecular weight is 172 g/mol. The van der Waals surface area contributed by atoms with Crippen LogP contribution in [0.15, 0.2) is 12.3 Å². The molecule has 0 aliphatic carbocycles. The minimum Gasteiger partial charge on any atom is -0.499 e. The van der Waals surface area contributed by atoms with E-state index in [4.69, 9.17) is 5.11 Å². The van der Waals surface area contributed by atoms with Crippen molar-refractivity contribution < 1.29 is 24.2 Å². The van der Waals surface area contributed by atoms with Crippen molar-refractivity contribution in [3.8, 4) is 0 Å². The number of esters is 1. The third-order valence-electron chi connectivity index (χ3n) is 1.69. The van der Waals surface area contributed by atoms with Crippen LogP contribution in [-0.4, -0.2) is 30.8 Å². The lowest BCUT2D eigenvalue weighted by molar-refractivity contribution is -0.164. The summed E-state index contributed by atoms with van der Waals surface area (Å²) in [6, 6.07) is 0. The van der Waals surface area contributed by atoms with Crippen LogP contribution in [0.1, 0.15) is 0 Å². The van der Waals surface area contributed by atoms with Crippen molar-refractivity contribution >= 4 is 11.9 Å². The number of carboxylic acid groups (broad SMARTS) is 1. The van der Waals surface area contributed by atoms with Gasteiger partial charge in [0.1, 0.15) is 6.61 Å². The first-order valence-electron chi connectivity index (χ1n) is 3.24. The summed E-state index contributed by atoms with van der Waals surface area (Å²) < 4.78 is 9.03. The van der Waals surface area contributed by atoms with E-state index in [1.54, 1.807) is 0 Å². The second kappa shape index (κ2) is 2.84. The van der Waals surface area contributed by atoms with E-state index in [9.17, 15) is 9.59 Å². The van der Waals surface area contributed by atoms with Gasteiger partial charge in [-0.2, -0.15) is 0 Å². The van der Waals surface area contributed by atoms with Gasteiger partial charge in [-0.1, -0.05) is 0 Å². The summed E-state index contributed by atoms with van der Waals surface area (Å²) in [5, 5.41) is 8.73. The third-order valence-corrected chi connectivity index (χ3v) is 1.69. The van der Waals surface area contributed by atoms with Gasteiger partial charge in [-0.15, -0.1) is 0 Å². The number of hydrogen-bond donors (Lipinski definition) is 1. The lowest BCUT2D eigenvalue weighted by Crippen LogP contribution is -2.40. The normalized spacial score (nSPS) is 26.4. The van der Waals surface area contributed by atoms with Crippen LogP contribution in [0.3, 0.4) is 0 Å². The molecule has 5 heteroatoms. The summed E-state index contributed by atoms with van der Waals surface area (Å²) in [6.07, 6.45) is 2.37. The molecule has 0 bridgehead atoms. The van der Waals surface area contributed by atoms with E-state index in [0.29, 0.717) is 0 Å². The first-order chi connectivity index (χ1) is 5.63. The summed E-state index contributed by atoms with van der Waals surface area (Å²) in [6.45, 7) is -0.199. The largest absolute Gasteiger partial charge is 0.499 e. The van der Waals surface area contributed by atoms with Gasteiger partial charge in [0, 0.05) is 0 Å². The Hall–Kier alpha value is -1.52. The Morgan fingerprint density at radius 2 is 2.33 bits per heavy atom. The van der Waals surface area contributed by atoms with Crippen molar-refractivity contribution in [2.75, 3.05) is 13.7 Å². The zero-order valence-corrected chi connectivity index (χ0v) is 6.44. The third kappa shape index (κ3) is 1.03. The van der Waals surface area contributed by atoms with Crippen LogP contribution in [0.4, 0.5) is 0 Å². The number of rotatable bonds is 2. The zero-order valence-electron chi connectivity index (χ0n) is 6.44. The molecule has 1 heterocycles. The standard InChI is InChI=1S/C7H8O5/c1-11-6(10)7(5(8)9)2-3-12-4-7/h2-3H,4H2,1H3,(H,8,9). The number of methoxy groups -OCH3 is 1. The molecule has 0 saturated carbocycles. The Kier molecular flexibility index (Phi) is 2.03. The van der Waals surface area contributed by atoms with Gasteiger partial charge >= 0.3 is 11.9 Å². The van der Waals surface area contributed by atoms with Crippen molar-refractivity contribution in [2.24, 2.45) is 5.41 Å². The molecule has 1 atom stereocenters. The van der Waals surface area contributed by atoms with E-state index >= 15 is 0 Å². The van der Waals surface area contributed by atoms with Crippen molar-refractivity contribution in [3.63, 3.8) is 0 Å². The summed E-state index contributed by atoms with van der Waals surface area (Å²) in [4.78, 5) is 21.7. The van der Waals surface area contributed by atoms with Gasteiger partial charge in [-0.3, -0.25) is 9.59 Å². The highest BCUT2D eigenvalue weighted by Crippen LogP contribution is 2.26. The molecular formula is C7H8O5. The molecule has 1 rings (SSSR count). The zero-order chi connectivity index (χ0) is 9.19. The van der Waals surface area contributed by atoms with Crippen LogP contribution < -0.4 is 0 Å². The fraction of sp³-hybridized carbons (Fsp3) is 0.429. The van der Waals surface area contributed by atoms with Gasteiger partial charge in [0.15, 0.2) is 0 Å². The molecule has 0 amide bonds. The van der Waals surface area contributed by atoms with E-state index in [2.05, 4.69) is 9.47 Å². The number of carbonyl (C=O) groups excluding carboxylic acids is 1. The molecule has 0 aromatic rings. The number of carbonyl (C=O) groups is 2. The predicted molar refractivity (Wildman–Crippen MR) is 37.2 cm³/mol. The van der Waals surface area contributed by atoms with Crippen LogP contribution in [0.2, 0.25) is 0 Å². The Balaban J connectivity index is 2.95. The van der Waals surface area contributed by atoms with Gasteiger partial charge in [0.05, 0.1) is 13.4 Å². The predicted octanol–water partition coefficient (Wildman–Crippen LogP) is -0.226. The van der Waals surface area contributed by atoms with Crippen molar-refractivity contribution in [1.29, 1.82) is 0 Å². The molecule has 0 radical (unpaired) electrons. The van der Waals surface area contributed by atoms with Gasteiger partial charge in [0.25, 0.3) is 0 Å². The number of ether oxygens (including phenoxy) is 2. The molecule has 0 aromatic carbocycles. The van der Waals surface area contributed by atoms with E-state index in [1.165, 1.54) is 12.3 Å². The van der Waals surface area contributed by atoms with E-state index < -0.39 is 17.4 Å². The molecule has 1 unspecified atom stereocenters. The monoisotopic (exact) mass is 172 g/mol. The Bertz CT molecular complexity index is 244. The van der Waals surface area contributed by atoms with Crippen molar-refractivity contribution in [2.45, 2.75) is 0 Å². The molecule has 1 N–H and O–H groups in total. The molecule has 0 saturated heterocycles. The maximum absolute atomic E-state index is 11.0. The highest BCUT2D eigenvalue weighted by molar-refractivity contribution is 6.01. The highest BCUT2D eigenvalue weighted by Gasteiger charge is 2.48. The fourth-order valence-electron chi connectivity index (χ4n) is 0.921. The number of hydrogen-bond acceptors (Lipinski definition) is 4. The lowest BCUT2D eigenvalue weighted by Gasteiger charge is -2.16. The van der Waals surface area contributed by atoms with Crippen molar-refractivity contribution in [1.82, 2.24) is 0 Å². The molecule has 1 aliphatic rings. The Morgan fingerprint density at radius 1 is 1.67 bits per heavy atom. The molecular weight excluding hydrogens is 164 g/mol. The highest BCUT2D eigenvalue weighted by atomic mass is 16.5. The molecule has 1 aliphatic heterocycles. The summed E-state index contributed by atoms with van der Waals surface area (Å²) in [5.41, 5.74) is -1.64. The minimum atomic E-state index is -1.64. The second-order valence-corrected chi connectivity index (χ2v) is 2.38. The van der Waals surface area contributed by atoms with Gasteiger partial charge in [-0.25, -0.2) is 0 Å². The fourth-order valence-corrected chi connectivity index (χ4v) is 0.921. The Morgan fingerprint density at radius 3 is 2.67 bits per heavy atom. The van der Waals surface area contributed by atoms with Crippen LogP contribution in [0.25, 0.3) is 0 Å². The summed E-state index contributed by atoms with van der Waals surface area (Å²) in [7, 11) is 1.14. The van der Waals surface area contributed by atoms with Crippen LogP contribution in [-0.2, 0) is 19.1 Å². The summed E-state index contributed by atoms with van der Waals surface area (Å²) >= 11 is 0. The van der Waals surface area contributed by atoms with Crippen LogP contribution in [0.5, 0.6) is 0 Å². The van der Waals surface area contributed by atoms with Gasteiger partial charge < -0.3 is 14.6 Å². The minimum absolute atomic E-state index is 0.199. The SMILES string of the molecule is COC(=O)C1(C(=O)O)C=COC1. The molecule has 0 aromatic heterocycles. The topological polar surface area (TPSA) is 72.8 Å². The first kappa shape index (κ1) is 8.58. The van der Waals surface area contributed by atoms with E-state index in [1.807, 2.05) is 0 Å². The average Bonchev–Trinajstić information content (AvgIpc) is 2.52.